The lowest BCUT2D eigenvalue weighted by Gasteiger charge is -2.01. The van der Waals surface area contributed by atoms with E-state index in [2.05, 4.69) is 35.8 Å². The SMILES string of the molecule is Cc1cc(C2=CC=CNCC2)cs1. The van der Waals surface area contributed by atoms with Crippen LogP contribution in [0.3, 0.4) is 0 Å². The molecule has 0 aromatic carbocycles. The molecule has 2 heterocycles. The number of nitrogens with one attached hydrogen (secondary N) is 1. The molecule has 13 heavy (non-hydrogen) atoms. The van der Waals surface area contributed by atoms with Crippen LogP contribution in [-0.2, 0) is 0 Å². The quantitative estimate of drug-likeness (QED) is 0.719. The van der Waals surface area contributed by atoms with Crippen molar-refractivity contribution >= 4 is 16.9 Å². The average Bonchev–Trinajstić information content (AvgIpc) is 2.43. The average molecular weight is 191 g/mol. The van der Waals surface area contributed by atoms with Gasteiger partial charge >= 0.3 is 0 Å². The standard InChI is InChI=1S/C11H13NS/c1-9-7-11(8-13-9)10-3-2-5-12-6-4-10/h2-3,5,7-8,12H,4,6H2,1H3. The first-order chi connectivity index (χ1) is 6.36. The van der Waals surface area contributed by atoms with Crippen LogP contribution in [0.1, 0.15) is 16.9 Å². The summed E-state index contributed by atoms with van der Waals surface area (Å²) in [5.74, 6) is 0. The Labute approximate surface area is 82.8 Å². The fourth-order valence-corrected chi connectivity index (χ4v) is 2.19. The van der Waals surface area contributed by atoms with Crippen LogP contribution in [0.2, 0.25) is 0 Å². The smallest absolute Gasteiger partial charge is 0.0182 e. The van der Waals surface area contributed by atoms with Crippen molar-refractivity contribution in [3.8, 4) is 0 Å². The summed E-state index contributed by atoms with van der Waals surface area (Å²) in [6.45, 7) is 3.19. The van der Waals surface area contributed by atoms with E-state index in [1.165, 1.54) is 16.0 Å². The van der Waals surface area contributed by atoms with Crippen LogP contribution in [-0.4, -0.2) is 6.54 Å². The number of aryl methyl sites for hydroxylation is 1. The van der Waals surface area contributed by atoms with E-state index in [0.29, 0.717) is 0 Å². The Bertz CT molecular complexity index is 347. The molecule has 0 saturated carbocycles. The van der Waals surface area contributed by atoms with Gasteiger partial charge < -0.3 is 5.32 Å². The van der Waals surface area contributed by atoms with E-state index in [-0.39, 0.29) is 0 Å². The summed E-state index contributed by atoms with van der Waals surface area (Å²) < 4.78 is 0. The van der Waals surface area contributed by atoms with E-state index in [1.807, 2.05) is 17.5 Å². The molecule has 1 aromatic heterocycles. The van der Waals surface area contributed by atoms with Crippen molar-refractivity contribution in [2.24, 2.45) is 0 Å². The lowest BCUT2D eigenvalue weighted by molar-refractivity contribution is 0.868. The molecule has 0 spiro atoms. The number of rotatable bonds is 1. The van der Waals surface area contributed by atoms with Gasteiger partial charge in [0.1, 0.15) is 0 Å². The van der Waals surface area contributed by atoms with E-state index < -0.39 is 0 Å². The zero-order valence-electron chi connectivity index (χ0n) is 7.71. The number of thiophene rings is 1. The van der Waals surface area contributed by atoms with E-state index in [1.54, 1.807) is 0 Å². The zero-order valence-corrected chi connectivity index (χ0v) is 8.53. The number of hydrogen-bond donors (Lipinski definition) is 1. The van der Waals surface area contributed by atoms with Gasteiger partial charge in [-0.1, -0.05) is 6.08 Å². The van der Waals surface area contributed by atoms with E-state index in [9.17, 15) is 0 Å². The summed E-state index contributed by atoms with van der Waals surface area (Å²) in [6.07, 6.45) is 7.40. The molecule has 1 N–H and O–H groups in total. The molecule has 1 aliphatic heterocycles. The van der Waals surface area contributed by atoms with E-state index in [0.717, 1.165) is 13.0 Å². The third-order valence-electron chi connectivity index (χ3n) is 2.15. The van der Waals surface area contributed by atoms with Crippen molar-refractivity contribution in [3.05, 3.63) is 40.2 Å². The van der Waals surface area contributed by atoms with Crippen LogP contribution in [0.25, 0.3) is 5.57 Å². The fraction of sp³-hybridized carbons (Fsp3) is 0.273. The normalized spacial score (nSPS) is 16.2. The second kappa shape index (κ2) is 3.79. The maximum Gasteiger partial charge on any atom is 0.0182 e. The summed E-state index contributed by atoms with van der Waals surface area (Å²) in [4.78, 5) is 1.39. The summed E-state index contributed by atoms with van der Waals surface area (Å²) >= 11 is 1.82. The Balaban J connectivity index is 2.25. The first-order valence-corrected chi connectivity index (χ1v) is 5.39. The molecule has 1 aliphatic rings. The minimum atomic E-state index is 1.04. The second-order valence-electron chi connectivity index (χ2n) is 3.20. The van der Waals surface area contributed by atoms with Crippen molar-refractivity contribution in [1.82, 2.24) is 5.32 Å². The summed E-state index contributed by atoms with van der Waals surface area (Å²) in [5, 5.41) is 5.46. The van der Waals surface area contributed by atoms with Crippen LogP contribution < -0.4 is 5.32 Å². The molecule has 0 bridgehead atoms. The maximum absolute atomic E-state index is 3.22. The predicted octanol–water partition coefficient (Wildman–Crippen LogP) is 2.95. The van der Waals surface area contributed by atoms with Gasteiger partial charge in [0.2, 0.25) is 0 Å². The van der Waals surface area contributed by atoms with Gasteiger partial charge in [0.15, 0.2) is 0 Å². The summed E-state index contributed by atoms with van der Waals surface area (Å²) in [7, 11) is 0. The molecule has 1 aromatic rings. The van der Waals surface area contributed by atoms with Crippen LogP contribution in [0.5, 0.6) is 0 Å². The maximum atomic E-state index is 3.22. The summed E-state index contributed by atoms with van der Waals surface area (Å²) in [5.41, 5.74) is 2.82. The molecule has 0 fully saturated rings. The van der Waals surface area contributed by atoms with Crippen molar-refractivity contribution < 1.29 is 0 Å². The first kappa shape index (κ1) is 8.57. The Kier molecular flexibility index (Phi) is 2.50. The Morgan fingerprint density at radius 2 is 2.38 bits per heavy atom. The molecule has 0 amide bonds. The molecule has 0 unspecified atom stereocenters. The van der Waals surface area contributed by atoms with Gasteiger partial charge in [-0.05, 0) is 48.2 Å². The highest BCUT2D eigenvalue weighted by Gasteiger charge is 2.03. The number of hydrogen-bond acceptors (Lipinski definition) is 2. The van der Waals surface area contributed by atoms with Crippen molar-refractivity contribution in [3.63, 3.8) is 0 Å². The first-order valence-electron chi connectivity index (χ1n) is 4.51. The molecule has 0 aliphatic carbocycles. The Hall–Kier alpha value is -1.02. The molecule has 2 rings (SSSR count). The Morgan fingerprint density at radius 3 is 3.15 bits per heavy atom. The topological polar surface area (TPSA) is 12.0 Å². The van der Waals surface area contributed by atoms with Gasteiger partial charge in [-0.2, -0.15) is 0 Å². The highest BCUT2D eigenvalue weighted by molar-refractivity contribution is 7.10. The van der Waals surface area contributed by atoms with Gasteiger partial charge in [0, 0.05) is 11.4 Å². The second-order valence-corrected chi connectivity index (χ2v) is 4.32. The van der Waals surface area contributed by atoms with Gasteiger partial charge in [-0.15, -0.1) is 11.3 Å². The monoisotopic (exact) mass is 191 g/mol. The van der Waals surface area contributed by atoms with Gasteiger partial charge in [-0.3, -0.25) is 0 Å². The molecule has 0 atom stereocenters. The van der Waals surface area contributed by atoms with Crippen molar-refractivity contribution in [2.45, 2.75) is 13.3 Å². The fourth-order valence-electron chi connectivity index (χ4n) is 1.46. The van der Waals surface area contributed by atoms with Crippen molar-refractivity contribution in [2.75, 3.05) is 6.54 Å². The molecular formula is C11H13NS. The molecule has 68 valence electrons. The van der Waals surface area contributed by atoms with Gasteiger partial charge in [-0.25, -0.2) is 0 Å². The Morgan fingerprint density at radius 1 is 1.46 bits per heavy atom. The predicted molar refractivity (Wildman–Crippen MR) is 58.8 cm³/mol. The van der Waals surface area contributed by atoms with E-state index in [4.69, 9.17) is 0 Å². The number of allylic oxidation sites excluding steroid dienone is 2. The lowest BCUT2D eigenvalue weighted by Crippen LogP contribution is -2.05. The van der Waals surface area contributed by atoms with Crippen LogP contribution >= 0.6 is 11.3 Å². The van der Waals surface area contributed by atoms with Crippen molar-refractivity contribution in [1.29, 1.82) is 0 Å². The van der Waals surface area contributed by atoms with Crippen LogP contribution in [0, 0.1) is 6.92 Å². The highest BCUT2D eigenvalue weighted by Crippen LogP contribution is 2.24. The van der Waals surface area contributed by atoms with Crippen LogP contribution in [0.4, 0.5) is 0 Å². The van der Waals surface area contributed by atoms with Gasteiger partial charge in [0.05, 0.1) is 0 Å². The zero-order chi connectivity index (χ0) is 9.10. The van der Waals surface area contributed by atoms with Gasteiger partial charge in [0.25, 0.3) is 0 Å². The molecular weight excluding hydrogens is 178 g/mol. The minimum Gasteiger partial charge on any atom is -0.391 e. The third kappa shape index (κ3) is 2.01. The minimum absolute atomic E-state index is 1.04. The molecule has 2 heteroatoms. The highest BCUT2D eigenvalue weighted by atomic mass is 32.1. The third-order valence-corrected chi connectivity index (χ3v) is 3.01. The molecule has 0 radical (unpaired) electrons. The largest absolute Gasteiger partial charge is 0.391 e. The molecule has 1 nitrogen and oxygen atoms in total. The molecule has 0 saturated heterocycles. The summed E-state index contributed by atoms with van der Waals surface area (Å²) in [6, 6.07) is 2.26. The van der Waals surface area contributed by atoms with E-state index >= 15 is 0 Å². The van der Waals surface area contributed by atoms with Crippen LogP contribution in [0.15, 0.2) is 29.8 Å². The lowest BCUT2D eigenvalue weighted by atomic mass is 10.1.